The zero-order valence-electron chi connectivity index (χ0n) is 7.59. The Labute approximate surface area is 80.2 Å². The third kappa shape index (κ3) is 1.96. The van der Waals surface area contributed by atoms with Crippen molar-refractivity contribution in [1.29, 1.82) is 5.26 Å². The van der Waals surface area contributed by atoms with E-state index in [0.717, 1.165) is 0 Å². The van der Waals surface area contributed by atoms with E-state index in [1.165, 1.54) is 6.07 Å². The first-order valence-corrected chi connectivity index (χ1v) is 3.97. The van der Waals surface area contributed by atoms with Gasteiger partial charge in [0.05, 0.1) is 12.5 Å². The Morgan fingerprint density at radius 1 is 1.64 bits per heavy atom. The molecule has 0 bridgehead atoms. The number of halogens is 2. The van der Waals surface area contributed by atoms with Gasteiger partial charge < -0.3 is 5.73 Å². The average Bonchev–Trinajstić information content (AvgIpc) is 2.09. The number of aromatic nitrogens is 1. The summed E-state index contributed by atoms with van der Waals surface area (Å²) in [5.74, 6) is 0. The second-order valence-electron chi connectivity index (χ2n) is 2.85. The van der Waals surface area contributed by atoms with E-state index in [1.807, 2.05) is 0 Å². The minimum Gasteiger partial charge on any atom is -0.398 e. The normalized spacial score (nSPS) is 10.2. The van der Waals surface area contributed by atoms with Gasteiger partial charge in [0.2, 0.25) is 0 Å². The highest BCUT2D eigenvalue weighted by atomic mass is 19.3. The minimum atomic E-state index is -2.69. The minimum absolute atomic E-state index is 0.133. The Bertz CT molecular complexity index is 382. The quantitative estimate of drug-likeness (QED) is 0.788. The summed E-state index contributed by atoms with van der Waals surface area (Å²) < 4.78 is 25.0. The molecule has 0 radical (unpaired) electrons. The van der Waals surface area contributed by atoms with Gasteiger partial charge in [-0.25, -0.2) is 8.78 Å². The number of nitrogens with two attached hydrogens (primary N) is 1. The molecule has 0 aliphatic heterocycles. The topological polar surface area (TPSA) is 62.7 Å². The molecule has 0 spiro atoms. The molecule has 74 valence electrons. The molecular formula is C9H9F2N3. The highest BCUT2D eigenvalue weighted by molar-refractivity contribution is 5.51. The Balaban J connectivity index is 3.30. The largest absolute Gasteiger partial charge is 0.398 e. The van der Waals surface area contributed by atoms with Crippen molar-refractivity contribution < 1.29 is 8.78 Å². The molecule has 0 atom stereocenters. The molecule has 1 aromatic heterocycles. The maximum atomic E-state index is 12.5. The average molecular weight is 197 g/mol. The highest BCUT2D eigenvalue weighted by Crippen LogP contribution is 2.26. The molecule has 0 saturated heterocycles. The summed E-state index contributed by atoms with van der Waals surface area (Å²) in [4.78, 5) is 3.67. The summed E-state index contributed by atoms with van der Waals surface area (Å²) in [5.41, 5.74) is 5.90. The van der Waals surface area contributed by atoms with Gasteiger partial charge in [-0.15, -0.1) is 0 Å². The van der Waals surface area contributed by atoms with Gasteiger partial charge >= 0.3 is 0 Å². The van der Waals surface area contributed by atoms with Gasteiger partial charge in [0.15, 0.2) is 0 Å². The highest BCUT2D eigenvalue weighted by Gasteiger charge is 2.17. The maximum Gasteiger partial charge on any atom is 0.280 e. The van der Waals surface area contributed by atoms with Crippen LogP contribution < -0.4 is 5.73 Å². The number of nitriles is 1. The van der Waals surface area contributed by atoms with E-state index in [2.05, 4.69) is 4.98 Å². The zero-order chi connectivity index (χ0) is 10.7. The lowest BCUT2D eigenvalue weighted by Gasteiger charge is -2.09. The van der Waals surface area contributed by atoms with Crippen LogP contribution in [0.1, 0.15) is 23.4 Å². The number of rotatable bonds is 2. The van der Waals surface area contributed by atoms with Gasteiger partial charge in [-0.3, -0.25) is 4.98 Å². The van der Waals surface area contributed by atoms with E-state index >= 15 is 0 Å². The number of aryl methyl sites for hydroxylation is 1. The molecule has 5 heteroatoms. The summed E-state index contributed by atoms with van der Waals surface area (Å²) in [7, 11) is 0. The van der Waals surface area contributed by atoms with Crippen LogP contribution in [0.4, 0.5) is 14.5 Å². The third-order valence-electron chi connectivity index (χ3n) is 1.78. The SMILES string of the molecule is Cc1cc(N)c(CC#N)c(C(F)F)n1. The van der Waals surface area contributed by atoms with E-state index in [-0.39, 0.29) is 23.4 Å². The van der Waals surface area contributed by atoms with E-state index in [9.17, 15) is 8.78 Å². The zero-order valence-corrected chi connectivity index (χ0v) is 7.59. The fourth-order valence-electron chi connectivity index (χ4n) is 1.20. The van der Waals surface area contributed by atoms with Crippen molar-refractivity contribution in [3.05, 3.63) is 23.0 Å². The molecule has 14 heavy (non-hydrogen) atoms. The van der Waals surface area contributed by atoms with Gasteiger partial charge in [0.1, 0.15) is 5.69 Å². The van der Waals surface area contributed by atoms with E-state index in [1.54, 1.807) is 13.0 Å². The van der Waals surface area contributed by atoms with Crippen molar-refractivity contribution in [3.8, 4) is 6.07 Å². The predicted molar refractivity (Wildman–Crippen MR) is 47.7 cm³/mol. The van der Waals surface area contributed by atoms with Crippen LogP contribution in [0, 0.1) is 18.3 Å². The summed E-state index contributed by atoms with van der Waals surface area (Å²) in [5, 5.41) is 8.44. The number of hydrogen-bond donors (Lipinski definition) is 1. The van der Waals surface area contributed by atoms with Gasteiger partial charge in [-0.2, -0.15) is 5.26 Å². The Morgan fingerprint density at radius 2 is 2.29 bits per heavy atom. The number of hydrogen-bond acceptors (Lipinski definition) is 3. The molecule has 0 amide bonds. The first-order valence-electron chi connectivity index (χ1n) is 3.97. The van der Waals surface area contributed by atoms with Crippen LogP contribution in [0.3, 0.4) is 0 Å². The van der Waals surface area contributed by atoms with E-state index < -0.39 is 6.43 Å². The molecule has 3 nitrogen and oxygen atoms in total. The molecule has 0 fully saturated rings. The number of anilines is 1. The van der Waals surface area contributed by atoms with Crippen LogP contribution >= 0.6 is 0 Å². The number of alkyl halides is 2. The molecule has 1 aromatic rings. The molecule has 0 aliphatic carbocycles. The van der Waals surface area contributed by atoms with Crippen molar-refractivity contribution in [2.24, 2.45) is 0 Å². The van der Waals surface area contributed by atoms with Crippen LogP contribution in [-0.4, -0.2) is 4.98 Å². The first-order chi connectivity index (χ1) is 6.56. The summed E-state index contributed by atoms with van der Waals surface area (Å²) in [6.45, 7) is 1.58. The van der Waals surface area contributed by atoms with E-state index in [0.29, 0.717) is 5.69 Å². The van der Waals surface area contributed by atoms with Crippen LogP contribution in [0.25, 0.3) is 0 Å². The number of pyridine rings is 1. The molecule has 0 aliphatic rings. The maximum absolute atomic E-state index is 12.5. The van der Waals surface area contributed by atoms with E-state index in [4.69, 9.17) is 11.0 Å². The Morgan fingerprint density at radius 3 is 2.79 bits per heavy atom. The van der Waals surface area contributed by atoms with Crippen molar-refractivity contribution in [2.75, 3.05) is 5.73 Å². The summed E-state index contributed by atoms with van der Waals surface area (Å²) in [6, 6.07) is 3.27. The fraction of sp³-hybridized carbons (Fsp3) is 0.333. The van der Waals surface area contributed by atoms with Gasteiger partial charge in [0.25, 0.3) is 6.43 Å². The van der Waals surface area contributed by atoms with Crippen LogP contribution in [0.2, 0.25) is 0 Å². The second kappa shape index (κ2) is 4.01. The number of nitrogen functional groups attached to an aromatic ring is 1. The van der Waals surface area contributed by atoms with Gasteiger partial charge in [-0.1, -0.05) is 0 Å². The van der Waals surface area contributed by atoms with Crippen molar-refractivity contribution in [3.63, 3.8) is 0 Å². The Kier molecular flexibility index (Phi) is 2.97. The predicted octanol–water partition coefficient (Wildman–Crippen LogP) is 1.98. The first kappa shape index (κ1) is 10.4. The second-order valence-corrected chi connectivity index (χ2v) is 2.85. The molecule has 0 saturated carbocycles. The molecule has 1 rings (SSSR count). The summed E-state index contributed by atoms with van der Waals surface area (Å²) in [6.07, 6.45) is -2.83. The molecule has 1 heterocycles. The lowest BCUT2D eigenvalue weighted by molar-refractivity contribution is 0.145. The lowest BCUT2D eigenvalue weighted by atomic mass is 10.1. The molecule has 0 unspecified atom stereocenters. The smallest absolute Gasteiger partial charge is 0.280 e. The molecular weight excluding hydrogens is 188 g/mol. The monoisotopic (exact) mass is 197 g/mol. The van der Waals surface area contributed by atoms with Gasteiger partial charge in [-0.05, 0) is 13.0 Å². The van der Waals surface area contributed by atoms with Crippen molar-refractivity contribution in [1.82, 2.24) is 4.98 Å². The fourth-order valence-corrected chi connectivity index (χ4v) is 1.20. The van der Waals surface area contributed by atoms with Gasteiger partial charge in [0, 0.05) is 16.9 Å². The standard InChI is InChI=1S/C9H9F2N3/c1-5-4-7(13)6(2-3-12)8(14-5)9(10)11/h4,9H,2H2,1H3,(H2,13,14). The Hall–Kier alpha value is -1.70. The van der Waals surface area contributed by atoms with Crippen molar-refractivity contribution >= 4 is 5.69 Å². The molecule has 2 N–H and O–H groups in total. The van der Waals surface area contributed by atoms with Crippen LogP contribution in [-0.2, 0) is 6.42 Å². The van der Waals surface area contributed by atoms with Crippen molar-refractivity contribution in [2.45, 2.75) is 19.8 Å². The summed E-state index contributed by atoms with van der Waals surface area (Å²) >= 11 is 0. The molecule has 0 aromatic carbocycles. The lowest BCUT2D eigenvalue weighted by Crippen LogP contribution is -2.04. The van der Waals surface area contributed by atoms with Crippen LogP contribution in [0.15, 0.2) is 6.07 Å². The van der Waals surface area contributed by atoms with Crippen LogP contribution in [0.5, 0.6) is 0 Å². The number of nitrogens with zero attached hydrogens (tertiary/aromatic N) is 2. The third-order valence-corrected chi connectivity index (χ3v) is 1.78.